The molecule has 0 amide bonds. The van der Waals surface area contributed by atoms with Gasteiger partial charge in [0.05, 0.1) is 23.8 Å². The number of halogens is 1. The molecule has 1 fully saturated rings. The Morgan fingerprint density at radius 1 is 1.03 bits per heavy atom. The molecular weight excluding hydrogens is 462 g/mol. The van der Waals surface area contributed by atoms with Gasteiger partial charge in [-0.2, -0.15) is 0 Å². The summed E-state index contributed by atoms with van der Waals surface area (Å²) in [6, 6.07) is 15.3. The van der Waals surface area contributed by atoms with Gasteiger partial charge >= 0.3 is 0 Å². The lowest BCUT2D eigenvalue weighted by Gasteiger charge is -2.25. The van der Waals surface area contributed by atoms with Crippen molar-refractivity contribution in [1.29, 1.82) is 0 Å². The Hall–Kier alpha value is -3.12. The van der Waals surface area contributed by atoms with E-state index in [1.54, 1.807) is 0 Å². The maximum atomic E-state index is 11.0. The Bertz CT molecular complexity index is 1230. The molecule has 0 radical (unpaired) electrons. The van der Waals surface area contributed by atoms with Crippen molar-refractivity contribution in [3.05, 3.63) is 87.4 Å². The van der Waals surface area contributed by atoms with Crippen molar-refractivity contribution in [3.63, 3.8) is 0 Å². The fourth-order valence-electron chi connectivity index (χ4n) is 4.29. The maximum absolute atomic E-state index is 11.0. The molecule has 0 aliphatic carbocycles. The van der Waals surface area contributed by atoms with Gasteiger partial charge in [-0.1, -0.05) is 60.2 Å². The summed E-state index contributed by atoms with van der Waals surface area (Å²) in [7, 11) is 0. The molecule has 4 rings (SSSR count). The zero-order valence-electron chi connectivity index (χ0n) is 20.1. The third kappa shape index (κ3) is 5.93. The molecule has 1 aliphatic heterocycles. The normalized spacial score (nSPS) is 14.4. The molecule has 6 heteroatoms. The van der Waals surface area contributed by atoms with E-state index >= 15 is 0 Å². The lowest BCUT2D eigenvalue weighted by atomic mass is 9.91. The number of benzene rings is 3. The third-order valence-electron chi connectivity index (χ3n) is 6.47. The van der Waals surface area contributed by atoms with Gasteiger partial charge in [0.25, 0.3) is 0 Å². The fraction of sp³-hybridized carbons (Fsp3) is 0.276. The molecule has 1 N–H and O–H groups in total. The smallest absolute Gasteiger partial charge is 0.153 e. The van der Waals surface area contributed by atoms with Crippen molar-refractivity contribution >= 4 is 24.0 Å². The highest BCUT2D eigenvalue weighted by molar-refractivity contribution is 6.32. The van der Waals surface area contributed by atoms with Gasteiger partial charge in [0, 0.05) is 25.7 Å². The number of hydrogen-bond donors (Lipinski definition) is 1. The highest BCUT2D eigenvalue weighted by Gasteiger charge is 2.13. The van der Waals surface area contributed by atoms with Gasteiger partial charge in [0.15, 0.2) is 6.29 Å². The zero-order chi connectivity index (χ0) is 24.8. The van der Waals surface area contributed by atoms with Gasteiger partial charge in [0.1, 0.15) is 18.1 Å². The quantitative estimate of drug-likeness (QED) is 0.388. The SMILES string of the molecule is Cc1c(/C=C/CN2CCOCC2)cccc1-c1cccc(COc2cc(O)c(C=O)cc2Cl)c1C. The molecule has 0 aromatic heterocycles. The Balaban J connectivity index is 1.53. The summed E-state index contributed by atoms with van der Waals surface area (Å²) in [4.78, 5) is 13.4. The predicted octanol–water partition coefficient (Wildman–Crippen LogP) is 6.07. The minimum Gasteiger partial charge on any atom is -0.507 e. The van der Waals surface area contributed by atoms with E-state index in [-0.39, 0.29) is 22.9 Å². The lowest BCUT2D eigenvalue weighted by Crippen LogP contribution is -2.36. The van der Waals surface area contributed by atoms with Crippen molar-refractivity contribution in [2.75, 3.05) is 32.8 Å². The molecule has 1 aliphatic rings. The summed E-state index contributed by atoms with van der Waals surface area (Å²) in [6.45, 7) is 9.01. The number of morpholine rings is 1. The van der Waals surface area contributed by atoms with Crippen molar-refractivity contribution < 1.29 is 19.4 Å². The second-order valence-corrected chi connectivity index (χ2v) is 9.08. The number of aldehydes is 1. The number of aromatic hydroxyl groups is 1. The maximum Gasteiger partial charge on any atom is 0.153 e. The van der Waals surface area contributed by atoms with Gasteiger partial charge in [-0.3, -0.25) is 9.69 Å². The van der Waals surface area contributed by atoms with Crippen LogP contribution < -0.4 is 4.74 Å². The molecule has 0 bridgehead atoms. The molecule has 1 saturated heterocycles. The summed E-state index contributed by atoms with van der Waals surface area (Å²) >= 11 is 6.23. The molecule has 3 aromatic rings. The van der Waals surface area contributed by atoms with Crippen LogP contribution in [0.3, 0.4) is 0 Å². The first kappa shape index (κ1) is 25.0. The largest absolute Gasteiger partial charge is 0.507 e. The molecule has 0 unspecified atom stereocenters. The van der Waals surface area contributed by atoms with E-state index in [0.717, 1.165) is 49.5 Å². The number of hydrogen-bond acceptors (Lipinski definition) is 5. The molecule has 1 heterocycles. The highest BCUT2D eigenvalue weighted by atomic mass is 35.5. The van der Waals surface area contributed by atoms with Gasteiger partial charge in [-0.15, -0.1) is 0 Å². The molecule has 3 aromatic carbocycles. The minimum absolute atomic E-state index is 0.134. The van der Waals surface area contributed by atoms with Crippen LogP contribution in [0.2, 0.25) is 5.02 Å². The van der Waals surface area contributed by atoms with E-state index < -0.39 is 0 Å². The monoisotopic (exact) mass is 491 g/mol. The lowest BCUT2D eigenvalue weighted by molar-refractivity contribution is 0.0435. The first-order valence-electron chi connectivity index (χ1n) is 11.7. The van der Waals surface area contributed by atoms with E-state index in [1.165, 1.54) is 28.8 Å². The van der Waals surface area contributed by atoms with E-state index in [2.05, 4.69) is 55.2 Å². The average molecular weight is 492 g/mol. The standard InChI is InChI=1S/C29H30ClNO4/c1-20-22(8-5-11-31-12-14-34-15-13-31)6-3-9-25(20)26-10-4-7-23(21(26)2)19-35-29-17-28(33)24(18-32)16-27(29)30/h3-10,16-18,33H,11-15,19H2,1-2H3/b8-5+. The van der Waals surface area contributed by atoms with E-state index in [4.69, 9.17) is 21.1 Å². The average Bonchev–Trinajstić information content (AvgIpc) is 2.87. The molecule has 5 nitrogen and oxygen atoms in total. The number of carbonyl (C=O) groups is 1. The summed E-state index contributed by atoms with van der Waals surface area (Å²) in [5.41, 5.74) is 7.04. The van der Waals surface area contributed by atoms with Crippen molar-refractivity contribution in [3.8, 4) is 22.6 Å². The van der Waals surface area contributed by atoms with Crippen LogP contribution in [0.1, 0.15) is 32.6 Å². The molecular formula is C29H30ClNO4. The van der Waals surface area contributed by atoms with Gasteiger partial charge in [0.2, 0.25) is 0 Å². The number of ether oxygens (including phenoxy) is 2. The molecule has 182 valence electrons. The molecule has 35 heavy (non-hydrogen) atoms. The Labute approximate surface area is 211 Å². The predicted molar refractivity (Wildman–Crippen MR) is 140 cm³/mol. The third-order valence-corrected chi connectivity index (χ3v) is 6.76. The Morgan fingerprint density at radius 2 is 1.74 bits per heavy atom. The number of phenolic OH excluding ortho intramolecular Hbond substituents is 1. The van der Waals surface area contributed by atoms with Crippen LogP contribution in [-0.2, 0) is 11.3 Å². The van der Waals surface area contributed by atoms with E-state index in [9.17, 15) is 9.90 Å². The molecule has 0 spiro atoms. The Morgan fingerprint density at radius 3 is 2.49 bits per heavy atom. The van der Waals surface area contributed by atoms with Crippen molar-refractivity contribution in [2.24, 2.45) is 0 Å². The van der Waals surface area contributed by atoms with Gasteiger partial charge in [-0.05, 0) is 53.3 Å². The van der Waals surface area contributed by atoms with Crippen LogP contribution in [0.4, 0.5) is 0 Å². The molecule has 0 atom stereocenters. The van der Waals surface area contributed by atoms with E-state index in [1.807, 2.05) is 12.1 Å². The van der Waals surface area contributed by atoms with Crippen LogP contribution in [0.25, 0.3) is 17.2 Å². The second-order valence-electron chi connectivity index (χ2n) is 8.67. The minimum atomic E-state index is -0.154. The summed E-state index contributed by atoms with van der Waals surface area (Å²) in [6.07, 6.45) is 4.99. The Kier molecular flexibility index (Phi) is 8.24. The number of carbonyl (C=O) groups excluding carboxylic acids is 1. The number of rotatable bonds is 8. The van der Waals surface area contributed by atoms with Gasteiger partial charge < -0.3 is 14.6 Å². The fourth-order valence-corrected chi connectivity index (χ4v) is 4.52. The number of phenols is 1. The van der Waals surface area contributed by atoms with Crippen LogP contribution in [0.5, 0.6) is 11.5 Å². The summed E-state index contributed by atoms with van der Waals surface area (Å²) in [5.74, 6) is 0.183. The molecule has 0 saturated carbocycles. The van der Waals surface area contributed by atoms with Crippen molar-refractivity contribution in [1.82, 2.24) is 4.90 Å². The van der Waals surface area contributed by atoms with Gasteiger partial charge in [-0.25, -0.2) is 0 Å². The summed E-state index contributed by atoms with van der Waals surface area (Å²) < 4.78 is 11.3. The van der Waals surface area contributed by atoms with Crippen LogP contribution in [0, 0.1) is 13.8 Å². The topological polar surface area (TPSA) is 59.0 Å². The highest BCUT2D eigenvalue weighted by Crippen LogP contribution is 2.34. The van der Waals surface area contributed by atoms with Crippen molar-refractivity contribution in [2.45, 2.75) is 20.5 Å². The first-order valence-corrected chi connectivity index (χ1v) is 12.1. The second kappa shape index (κ2) is 11.5. The number of nitrogens with zero attached hydrogens (tertiary/aromatic N) is 1. The van der Waals surface area contributed by atoms with Crippen LogP contribution in [0.15, 0.2) is 54.6 Å². The van der Waals surface area contributed by atoms with E-state index in [0.29, 0.717) is 12.0 Å². The van der Waals surface area contributed by atoms with Crippen LogP contribution >= 0.6 is 11.6 Å². The zero-order valence-corrected chi connectivity index (χ0v) is 20.8. The summed E-state index contributed by atoms with van der Waals surface area (Å²) in [5, 5.41) is 10.3. The van der Waals surface area contributed by atoms with Crippen LogP contribution in [-0.4, -0.2) is 49.1 Å². The first-order chi connectivity index (χ1) is 17.0.